The van der Waals surface area contributed by atoms with Crippen LogP contribution in [0.1, 0.15) is 17.3 Å². The third kappa shape index (κ3) is 4.20. The SMILES string of the molecule is C=C(C)OC(=O)c1cccc([S+](c2ccccc2)c2ccccc2)c1. The van der Waals surface area contributed by atoms with Crippen LogP contribution in [0.3, 0.4) is 0 Å². The average molecular weight is 347 g/mol. The van der Waals surface area contributed by atoms with E-state index in [1.807, 2.05) is 48.5 Å². The maximum atomic E-state index is 12.2. The van der Waals surface area contributed by atoms with E-state index in [1.165, 1.54) is 9.79 Å². The molecule has 0 unspecified atom stereocenters. The van der Waals surface area contributed by atoms with Gasteiger partial charge in [-0.15, -0.1) is 0 Å². The molecular formula is C22H19O2S+. The molecule has 0 aliphatic carbocycles. The van der Waals surface area contributed by atoms with Crippen molar-refractivity contribution in [1.29, 1.82) is 0 Å². The first-order chi connectivity index (χ1) is 12.1. The molecule has 0 atom stereocenters. The van der Waals surface area contributed by atoms with Gasteiger partial charge in [-0.3, -0.25) is 0 Å². The number of hydrogen-bond donors (Lipinski definition) is 0. The average Bonchev–Trinajstić information content (AvgIpc) is 2.63. The highest BCUT2D eigenvalue weighted by molar-refractivity contribution is 7.97. The molecule has 0 saturated carbocycles. The highest BCUT2D eigenvalue weighted by Crippen LogP contribution is 2.31. The van der Waals surface area contributed by atoms with Crippen LogP contribution in [-0.2, 0) is 15.6 Å². The van der Waals surface area contributed by atoms with Gasteiger partial charge >= 0.3 is 5.97 Å². The normalized spacial score (nSPS) is 10.5. The zero-order valence-corrected chi connectivity index (χ0v) is 14.8. The van der Waals surface area contributed by atoms with Gasteiger partial charge in [0.25, 0.3) is 0 Å². The Morgan fingerprint density at radius 2 is 1.32 bits per heavy atom. The second kappa shape index (κ2) is 7.86. The van der Waals surface area contributed by atoms with Crippen LogP contribution in [0.2, 0.25) is 0 Å². The zero-order valence-electron chi connectivity index (χ0n) is 14.0. The highest BCUT2D eigenvalue weighted by atomic mass is 32.2. The zero-order chi connectivity index (χ0) is 17.6. The smallest absolute Gasteiger partial charge is 0.343 e. The van der Waals surface area contributed by atoms with Gasteiger partial charge in [0.05, 0.1) is 22.2 Å². The summed E-state index contributed by atoms with van der Waals surface area (Å²) in [5, 5.41) is 0. The molecular weight excluding hydrogens is 328 g/mol. The monoisotopic (exact) mass is 347 g/mol. The van der Waals surface area contributed by atoms with Gasteiger partial charge in [0.1, 0.15) is 0 Å². The molecule has 0 spiro atoms. The number of ether oxygens (including phenoxy) is 1. The quantitative estimate of drug-likeness (QED) is 0.347. The lowest BCUT2D eigenvalue weighted by molar-refractivity contribution is 0.0627. The maximum absolute atomic E-state index is 12.2. The molecule has 0 bridgehead atoms. The molecule has 3 aromatic rings. The second-order valence-corrected chi connectivity index (χ2v) is 7.58. The number of rotatable bonds is 5. The molecule has 3 aromatic carbocycles. The summed E-state index contributed by atoms with van der Waals surface area (Å²) >= 11 is 0. The summed E-state index contributed by atoms with van der Waals surface area (Å²) in [6.07, 6.45) is 0. The van der Waals surface area contributed by atoms with Crippen molar-refractivity contribution in [3.8, 4) is 0 Å². The number of carbonyl (C=O) groups excluding carboxylic acids is 1. The van der Waals surface area contributed by atoms with Crippen molar-refractivity contribution in [2.24, 2.45) is 0 Å². The lowest BCUT2D eigenvalue weighted by Crippen LogP contribution is -2.08. The Hall–Kier alpha value is -2.78. The van der Waals surface area contributed by atoms with E-state index in [0.29, 0.717) is 11.3 Å². The summed E-state index contributed by atoms with van der Waals surface area (Å²) in [7, 11) is -0.284. The molecule has 25 heavy (non-hydrogen) atoms. The van der Waals surface area contributed by atoms with Gasteiger partial charge in [0.2, 0.25) is 0 Å². The molecule has 0 saturated heterocycles. The van der Waals surface area contributed by atoms with E-state index in [1.54, 1.807) is 13.0 Å². The second-order valence-electron chi connectivity index (χ2n) is 5.55. The van der Waals surface area contributed by atoms with Crippen LogP contribution in [0.5, 0.6) is 0 Å². The Kier molecular flexibility index (Phi) is 5.36. The lowest BCUT2D eigenvalue weighted by atomic mass is 10.2. The Balaban J connectivity index is 2.05. The van der Waals surface area contributed by atoms with Gasteiger partial charge in [0.15, 0.2) is 14.7 Å². The predicted molar refractivity (Wildman–Crippen MR) is 102 cm³/mol. The van der Waals surface area contributed by atoms with Crippen LogP contribution in [0.25, 0.3) is 0 Å². The number of esters is 1. The molecule has 0 fully saturated rings. The summed E-state index contributed by atoms with van der Waals surface area (Å²) in [6, 6.07) is 28.3. The van der Waals surface area contributed by atoms with Crippen molar-refractivity contribution in [3.63, 3.8) is 0 Å². The van der Waals surface area contributed by atoms with Crippen molar-refractivity contribution in [2.45, 2.75) is 21.6 Å². The highest BCUT2D eigenvalue weighted by Gasteiger charge is 2.29. The third-order valence-electron chi connectivity index (χ3n) is 3.53. The number of carbonyl (C=O) groups is 1. The third-order valence-corrected chi connectivity index (χ3v) is 5.74. The minimum Gasteiger partial charge on any atom is -0.428 e. The van der Waals surface area contributed by atoms with E-state index in [-0.39, 0.29) is 16.9 Å². The predicted octanol–water partition coefficient (Wildman–Crippen LogP) is 5.47. The largest absolute Gasteiger partial charge is 0.428 e. The molecule has 3 heteroatoms. The molecule has 0 radical (unpaired) electrons. The Labute approximate surface area is 151 Å². The Bertz CT molecular complexity index is 833. The van der Waals surface area contributed by atoms with Crippen LogP contribution in [0.4, 0.5) is 0 Å². The molecule has 0 amide bonds. The molecule has 0 aliphatic rings. The van der Waals surface area contributed by atoms with E-state index in [0.717, 1.165) is 4.90 Å². The van der Waals surface area contributed by atoms with E-state index in [9.17, 15) is 4.79 Å². The Morgan fingerprint density at radius 1 is 0.800 bits per heavy atom. The summed E-state index contributed by atoms with van der Waals surface area (Å²) in [5.41, 5.74) is 0.532. The topological polar surface area (TPSA) is 26.3 Å². The van der Waals surface area contributed by atoms with E-state index >= 15 is 0 Å². The minimum atomic E-state index is -0.376. The van der Waals surface area contributed by atoms with Crippen LogP contribution >= 0.6 is 0 Å². The molecule has 124 valence electrons. The molecule has 3 rings (SSSR count). The van der Waals surface area contributed by atoms with Crippen molar-refractivity contribution >= 4 is 16.9 Å². The van der Waals surface area contributed by atoms with E-state index in [2.05, 4.69) is 36.9 Å². The number of benzene rings is 3. The van der Waals surface area contributed by atoms with Crippen molar-refractivity contribution in [2.75, 3.05) is 0 Å². The number of allylic oxidation sites excluding steroid dienone is 1. The number of hydrogen-bond acceptors (Lipinski definition) is 2. The van der Waals surface area contributed by atoms with Gasteiger partial charge in [-0.2, -0.15) is 0 Å². The standard InChI is InChI=1S/C22H19O2S/c1-17(2)24-22(23)18-10-9-15-21(16-18)25(19-11-5-3-6-12-19)20-13-7-4-8-14-20/h3-16H,1H2,2H3/q+1. The Morgan fingerprint density at radius 3 is 1.84 bits per heavy atom. The lowest BCUT2D eigenvalue weighted by Gasteiger charge is -2.09. The fourth-order valence-corrected chi connectivity index (χ4v) is 4.62. The van der Waals surface area contributed by atoms with Gasteiger partial charge in [-0.1, -0.05) is 49.0 Å². The fraction of sp³-hybridized carbons (Fsp3) is 0.0455. The summed E-state index contributed by atoms with van der Waals surface area (Å²) in [4.78, 5) is 15.7. The van der Waals surface area contributed by atoms with Crippen molar-refractivity contribution in [3.05, 3.63) is 103 Å². The maximum Gasteiger partial charge on any atom is 0.343 e. The molecule has 0 aromatic heterocycles. The first-order valence-electron chi connectivity index (χ1n) is 7.97. The van der Waals surface area contributed by atoms with E-state index in [4.69, 9.17) is 4.74 Å². The molecule has 0 heterocycles. The first-order valence-corrected chi connectivity index (χ1v) is 9.20. The van der Waals surface area contributed by atoms with Crippen LogP contribution in [0, 0.1) is 0 Å². The van der Waals surface area contributed by atoms with Gasteiger partial charge in [0, 0.05) is 6.07 Å². The first kappa shape index (κ1) is 17.1. The fourth-order valence-electron chi connectivity index (χ4n) is 2.49. The molecule has 0 aliphatic heterocycles. The van der Waals surface area contributed by atoms with E-state index < -0.39 is 0 Å². The molecule has 0 N–H and O–H groups in total. The van der Waals surface area contributed by atoms with Crippen molar-refractivity contribution in [1.82, 2.24) is 0 Å². The van der Waals surface area contributed by atoms with Crippen molar-refractivity contribution < 1.29 is 9.53 Å². The van der Waals surface area contributed by atoms with Gasteiger partial charge in [-0.25, -0.2) is 4.79 Å². The van der Waals surface area contributed by atoms with Crippen LogP contribution < -0.4 is 0 Å². The van der Waals surface area contributed by atoms with Gasteiger partial charge in [-0.05, 0) is 43.3 Å². The summed E-state index contributed by atoms with van der Waals surface area (Å²) in [5.74, 6) is 0.0135. The van der Waals surface area contributed by atoms with Crippen LogP contribution in [-0.4, -0.2) is 5.97 Å². The van der Waals surface area contributed by atoms with Crippen LogP contribution in [0.15, 0.2) is 112 Å². The summed E-state index contributed by atoms with van der Waals surface area (Å²) in [6.45, 7) is 5.30. The van der Waals surface area contributed by atoms with Gasteiger partial charge < -0.3 is 4.74 Å². The molecule has 2 nitrogen and oxygen atoms in total. The summed E-state index contributed by atoms with van der Waals surface area (Å²) < 4.78 is 5.15. The minimum absolute atomic E-state index is 0.284.